The first-order valence-electron chi connectivity index (χ1n) is 8.07. The summed E-state index contributed by atoms with van der Waals surface area (Å²) in [6.07, 6.45) is -0.123. The van der Waals surface area contributed by atoms with Gasteiger partial charge in [-0.1, -0.05) is 0 Å². The molecule has 3 nitrogen and oxygen atoms in total. The van der Waals surface area contributed by atoms with Crippen LogP contribution in [-0.4, -0.2) is 51.6 Å². The zero-order valence-electron chi connectivity index (χ0n) is 13.1. The molecule has 0 radical (unpaired) electrons. The van der Waals surface area contributed by atoms with Gasteiger partial charge in [0.25, 0.3) is 0 Å². The van der Waals surface area contributed by atoms with Gasteiger partial charge in [0.15, 0.2) is 0 Å². The normalized spacial score (nSPS) is 20.9. The topological polar surface area (TPSA) is 38.3 Å². The number of hydrogen-bond donors (Lipinski definition) is 1. The van der Waals surface area contributed by atoms with Crippen LogP contribution in [0.2, 0.25) is 0 Å². The second kappa shape index (κ2) is 6.58. The molecule has 0 aromatic heterocycles. The Hall–Kier alpha value is -1.84. The van der Waals surface area contributed by atoms with Crippen LogP contribution in [-0.2, 0) is 4.74 Å². The van der Waals surface area contributed by atoms with Gasteiger partial charge in [-0.3, -0.25) is 0 Å². The Kier molecular flexibility index (Phi) is 4.30. The molecule has 1 unspecified atom stereocenters. The number of rotatable bonds is 2. The summed E-state index contributed by atoms with van der Waals surface area (Å²) in [7, 11) is 0. The number of ketones is 1. The molecule has 0 bridgehead atoms. The number of nitrogens with one attached hydrogen (secondary N) is 1. The Balaban J connectivity index is 1.94. The van der Waals surface area contributed by atoms with E-state index in [9.17, 15) is 4.79 Å². The average molecular weight is 382 g/mol. The van der Waals surface area contributed by atoms with Gasteiger partial charge < -0.3 is 0 Å². The van der Waals surface area contributed by atoms with Crippen LogP contribution in [0.4, 0.5) is 0 Å². The van der Waals surface area contributed by atoms with E-state index in [1.807, 2.05) is 54.6 Å². The molecule has 0 saturated carbocycles. The van der Waals surface area contributed by atoms with Crippen LogP contribution in [0.25, 0.3) is 5.57 Å². The first-order valence-corrected chi connectivity index (χ1v) is 8.93. The van der Waals surface area contributed by atoms with E-state index in [2.05, 4.69) is 20.9 Å². The van der Waals surface area contributed by atoms with Crippen molar-refractivity contribution in [3.05, 3.63) is 76.9 Å². The maximum absolute atomic E-state index is 13.3. The Morgan fingerprint density at radius 1 is 1.00 bits per heavy atom. The van der Waals surface area contributed by atoms with Crippen molar-refractivity contribution >= 4 is 31.3 Å². The number of hydrogen-bond acceptors (Lipinski definition) is 3. The van der Waals surface area contributed by atoms with Gasteiger partial charge in [-0.15, -0.1) is 0 Å². The summed E-state index contributed by atoms with van der Waals surface area (Å²) in [5.74, 6) is 0.0694. The van der Waals surface area contributed by atoms with Crippen molar-refractivity contribution < 1.29 is 9.53 Å². The Morgan fingerprint density at radius 2 is 1.71 bits per heavy atom. The van der Waals surface area contributed by atoms with Gasteiger partial charge in [-0.05, 0) is 0 Å². The molecule has 1 fully saturated rings. The quantitative estimate of drug-likeness (QED) is 0.808. The van der Waals surface area contributed by atoms with Gasteiger partial charge in [-0.25, -0.2) is 0 Å². The third-order valence-electron chi connectivity index (χ3n) is 4.47. The summed E-state index contributed by atoms with van der Waals surface area (Å²) in [4.78, 5) is 13.3. The van der Waals surface area contributed by atoms with E-state index in [1.165, 1.54) is 0 Å². The zero-order valence-corrected chi connectivity index (χ0v) is 14.8. The van der Waals surface area contributed by atoms with Crippen LogP contribution in [0.3, 0.4) is 0 Å². The molecule has 2 aromatic carbocycles. The van der Waals surface area contributed by atoms with Gasteiger partial charge >= 0.3 is 149 Å². The number of fused-ring (bicyclic) bond motifs is 1. The number of benzene rings is 2. The summed E-state index contributed by atoms with van der Waals surface area (Å²) in [5, 5.41) is 3.37. The summed E-state index contributed by atoms with van der Waals surface area (Å²) in [6.45, 7) is 2.21. The number of allylic oxidation sites excluding steroid dienone is 1. The average Bonchev–Trinajstić information content (AvgIpc) is 2.66. The summed E-state index contributed by atoms with van der Waals surface area (Å²) < 4.78 is 7.00. The third-order valence-corrected chi connectivity index (χ3v) is 5.39. The molecule has 1 saturated heterocycles. The number of Topliss-reactive ketones (excluding diaryl/α,β-unsaturated/α-hetero) is 1. The van der Waals surface area contributed by atoms with E-state index in [0.717, 1.165) is 38.8 Å². The number of carbonyl (C=O) groups is 1. The molecule has 1 atom stereocenters. The minimum absolute atomic E-state index is 0.0694. The van der Waals surface area contributed by atoms with Crippen molar-refractivity contribution in [1.29, 1.82) is 0 Å². The van der Waals surface area contributed by atoms with Gasteiger partial charge in [0.1, 0.15) is 0 Å². The van der Waals surface area contributed by atoms with Crippen molar-refractivity contribution in [3.63, 3.8) is 0 Å². The molecule has 1 heterocycles. The second-order valence-electron chi connectivity index (χ2n) is 5.92. The molecule has 4 heteroatoms. The maximum atomic E-state index is 13.3. The van der Waals surface area contributed by atoms with Crippen LogP contribution >= 0.6 is 0 Å². The Labute approximate surface area is 149 Å². The fourth-order valence-corrected chi connectivity index (χ4v) is 4.21. The SMILES string of the molecule is O=C1C(c2ccccc2)=C(C2CNCCO2)C(=[Se])c2ccccc21. The van der Waals surface area contributed by atoms with E-state index < -0.39 is 0 Å². The van der Waals surface area contributed by atoms with Crippen molar-refractivity contribution in [2.45, 2.75) is 6.10 Å². The van der Waals surface area contributed by atoms with Crippen molar-refractivity contribution in [2.75, 3.05) is 19.7 Å². The van der Waals surface area contributed by atoms with E-state index in [1.54, 1.807) is 0 Å². The molecular weight excluding hydrogens is 365 g/mol. The molecule has 0 amide bonds. The zero-order chi connectivity index (χ0) is 16.5. The number of morpholine rings is 1. The fraction of sp³-hybridized carbons (Fsp3) is 0.200. The number of carbonyl (C=O) groups excluding carboxylic acids is 1. The van der Waals surface area contributed by atoms with E-state index in [0.29, 0.717) is 13.2 Å². The molecule has 1 aliphatic heterocycles. The first-order chi connectivity index (χ1) is 11.8. The predicted octanol–water partition coefficient (Wildman–Crippen LogP) is 2.01. The van der Waals surface area contributed by atoms with Crippen LogP contribution in [0, 0.1) is 0 Å². The van der Waals surface area contributed by atoms with E-state index in [4.69, 9.17) is 4.74 Å². The van der Waals surface area contributed by atoms with Gasteiger partial charge in [0.2, 0.25) is 0 Å². The van der Waals surface area contributed by atoms with Crippen LogP contribution in [0.1, 0.15) is 21.5 Å². The van der Waals surface area contributed by atoms with E-state index >= 15 is 0 Å². The molecule has 1 N–H and O–H groups in total. The molecule has 120 valence electrons. The summed E-state index contributed by atoms with van der Waals surface area (Å²) in [6, 6.07) is 17.7. The predicted molar refractivity (Wildman–Crippen MR) is 96.6 cm³/mol. The third kappa shape index (κ3) is 2.62. The van der Waals surface area contributed by atoms with Gasteiger partial charge in [-0.2, -0.15) is 0 Å². The van der Waals surface area contributed by atoms with Crippen molar-refractivity contribution in [3.8, 4) is 0 Å². The van der Waals surface area contributed by atoms with Gasteiger partial charge in [0, 0.05) is 0 Å². The molecular formula is C20H17NO2Se. The Bertz CT molecular complexity index is 836. The summed E-state index contributed by atoms with van der Waals surface area (Å²) >= 11 is 3.20. The molecule has 2 aromatic rings. The number of ether oxygens (including phenoxy) is 1. The Morgan fingerprint density at radius 3 is 2.42 bits per heavy atom. The second-order valence-corrected chi connectivity index (χ2v) is 6.78. The van der Waals surface area contributed by atoms with Crippen LogP contribution < -0.4 is 5.32 Å². The standard InChI is InChI=1S/C20H17NO2Se/c22-19-14-8-4-5-9-15(14)20(24)18(16-12-21-10-11-23-16)17(19)13-6-2-1-3-7-13/h1-9,16,21H,10-12H2. The van der Waals surface area contributed by atoms with Gasteiger partial charge in [0.05, 0.1) is 0 Å². The monoisotopic (exact) mass is 383 g/mol. The fourth-order valence-electron chi connectivity index (χ4n) is 3.34. The van der Waals surface area contributed by atoms with Crippen LogP contribution in [0.15, 0.2) is 60.2 Å². The first kappa shape index (κ1) is 15.7. The molecule has 1 aliphatic carbocycles. The molecule has 24 heavy (non-hydrogen) atoms. The van der Waals surface area contributed by atoms with Crippen LogP contribution in [0.5, 0.6) is 0 Å². The molecule has 0 spiro atoms. The van der Waals surface area contributed by atoms with Crippen molar-refractivity contribution in [1.82, 2.24) is 5.32 Å². The van der Waals surface area contributed by atoms with E-state index in [-0.39, 0.29) is 11.9 Å². The summed E-state index contributed by atoms with van der Waals surface area (Å²) in [5.41, 5.74) is 4.37. The molecule has 2 aliphatic rings. The van der Waals surface area contributed by atoms with Crippen molar-refractivity contribution in [2.24, 2.45) is 0 Å². The minimum atomic E-state index is -0.123. The molecule has 4 rings (SSSR count).